The third kappa shape index (κ3) is 2.88. The van der Waals surface area contributed by atoms with E-state index in [0.717, 1.165) is 18.2 Å². The Balaban J connectivity index is 1.59. The van der Waals surface area contributed by atoms with Gasteiger partial charge in [-0.2, -0.15) is 0 Å². The lowest BCUT2D eigenvalue weighted by Crippen LogP contribution is -2.48. The van der Waals surface area contributed by atoms with Gasteiger partial charge in [-0.1, -0.05) is 42.5 Å². The van der Waals surface area contributed by atoms with E-state index in [4.69, 9.17) is 4.74 Å². The lowest BCUT2D eigenvalue weighted by molar-refractivity contribution is 0.0778. The van der Waals surface area contributed by atoms with Gasteiger partial charge in [0.15, 0.2) is 0 Å². The quantitative estimate of drug-likeness (QED) is 0.847. The molecule has 0 amide bonds. The molecule has 0 N–H and O–H groups in total. The second-order valence-corrected chi connectivity index (χ2v) is 6.93. The van der Waals surface area contributed by atoms with Crippen molar-refractivity contribution in [2.75, 3.05) is 13.7 Å². The summed E-state index contributed by atoms with van der Waals surface area (Å²) in [6.45, 7) is 2.32. The first kappa shape index (κ1) is 14.8. The number of rotatable bonds is 3. The van der Waals surface area contributed by atoms with Crippen molar-refractivity contribution >= 4 is 0 Å². The Morgan fingerprint density at radius 2 is 1.91 bits per heavy atom. The molecular weight excluding hydrogens is 282 g/mol. The first-order valence-electron chi connectivity index (χ1n) is 8.78. The molecule has 2 heteroatoms. The van der Waals surface area contributed by atoms with Gasteiger partial charge >= 0.3 is 0 Å². The highest BCUT2D eigenvalue weighted by Crippen LogP contribution is 2.39. The van der Waals surface area contributed by atoms with Crippen LogP contribution < -0.4 is 4.74 Å². The van der Waals surface area contributed by atoms with Crippen LogP contribution in [0.4, 0.5) is 0 Å². The summed E-state index contributed by atoms with van der Waals surface area (Å²) >= 11 is 0. The summed E-state index contributed by atoms with van der Waals surface area (Å²) in [6, 6.07) is 18.1. The van der Waals surface area contributed by atoms with Crippen LogP contribution in [0.2, 0.25) is 0 Å². The Labute approximate surface area is 139 Å². The van der Waals surface area contributed by atoms with Crippen LogP contribution in [0, 0.1) is 5.92 Å². The maximum absolute atomic E-state index is 5.60. The minimum atomic E-state index is 0.684. The van der Waals surface area contributed by atoms with E-state index in [1.165, 1.54) is 48.9 Å². The summed E-state index contributed by atoms with van der Waals surface area (Å²) in [5, 5.41) is 0. The van der Waals surface area contributed by atoms with Crippen LogP contribution >= 0.6 is 0 Å². The van der Waals surface area contributed by atoms with Gasteiger partial charge in [0.05, 0.1) is 7.11 Å². The van der Waals surface area contributed by atoms with Crippen molar-refractivity contribution in [2.45, 2.75) is 38.3 Å². The standard InChI is InChI=1S/C21H25NO/c1-23-21-11-5-9-17-14-20-18(13-19(17)21)10-6-12-22(20)15-16-7-3-2-4-8-16/h2-5,7-9,11,18,20H,6,10,12-15H2,1H3/t18-,20+/m0/s1. The topological polar surface area (TPSA) is 12.5 Å². The number of ether oxygens (including phenoxy) is 1. The Bertz CT molecular complexity index is 667. The lowest BCUT2D eigenvalue weighted by atomic mass is 9.75. The van der Waals surface area contributed by atoms with E-state index in [2.05, 4.69) is 53.4 Å². The predicted molar refractivity (Wildman–Crippen MR) is 93.8 cm³/mol. The molecule has 0 saturated carbocycles. The fraction of sp³-hybridized carbons (Fsp3) is 0.429. The van der Waals surface area contributed by atoms with E-state index in [1.54, 1.807) is 7.11 Å². The summed E-state index contributed by atoms with van der Waals surface area (Å²) in [5.74, 6) is 1.86. The van der Waals surface area contributed by atoms with Crippen LogP contribution in [-0.2, 0) is 19.4 Å². The molecule has 4 rings (SSSR count). The third-order valence-electron chi connectivity index (χ3n) is 5.61. The van der Waals surface area contributed by atoms with Crippen LogP contribution in [0.15, 0.2) is 48.5 Å². The van der Waals surface area contributed by atoms with Gasteiger partial charge in [0.1, 0.15) is 5.75 Å². The van der Waals surface area contributed by atoms with Gasteiger partial charge in [-0.3, -0.25) is 4.90 Å². The largest absolute Gasteiger partial charge is 0.496 e. The second kappa shape index (κ2) is 6.37. The number of benzene rings is 2. The van der Waals surface area contributed by atoms with E-state index in [-0.39, 0.29) is 0 Å². The molecule has 2 atom stereocenters. The molecule has 2 aromatic carbocycles. The average Bonchev–Trinajstić information content (AvgIpc) is 2.61. The van der Waals surface area contributed by atoms with Crippen molar-refractivity contribution in [1.82, 2.24) is 4.90 Å². The smallest absolute Gasteiger partial charge is 0.122 e. The van der Waals surface area contributed by atoms with Crippen molar-refractivity contribution < 1.29 is 4.74 Å². The number of piperidine rings is 1. The zero-order chi connectivity index (χ0) is 15.6. The van der Waals surface area contributed by atoms with Crippen molar-refractivity contribution in [2.24, 2.45) is 5.92 Å². The molecule has 1 aliphatic carbocycles. The van der Waals surface area contributed by atoms with Gasteiger partial charge < -0.3 is 4.74 Å². The van der Waals surface area contributed by atoms with Crippen LogP contribution in [0.3, 0.4) is 0 Å². The summed E-state index contributed by atoms with van der Waals surface area (Å²) in [4.78, 5) is 2.71. The first-order valence-corrected chi connectivity index (χ1v) is 8.78. The molecular formula is C21H25NO. The highest BCUT2D eigenvalue weighted by Gasteiger charge is 2.36. The normalized spacial score (nSPS) is 23.9. The monoisotopic (exact) mass is 307 g/mol. The highest BCUT2D eigenvalue weighted by atomic mass is 16.5. The Kier molecular flexibility index (Phi) is 4.09. The fourth-order valence-corrected chi connectivity index (χ4v) is 4.47. The van der Waals surface area contributed by atoms with Gasteiger partial charge in [0, 0.05) is 12.6 Å². The number of fused-ring (bicyclic) bond motifs is 2. The summed E-state index contributed by atoms with van der Waals surface area (Å²) in [7, 11) is 1.80. The molecule has 1 fully saturated rings. The number of hydrogen-bond donors (Lipinski definition) is 0. The Morgan fingerprint density at radius 3 is 2.74 bits per heavy atom. The zero-order valence-electron chi connectivity index (χ0n) is 13.9. The molecule has 0 radical (unpaired) electrons. The van der Waals surface area contributed by atoms with Gasteiger partial charge in [-0.05, 0) is 60.9 Å². The van der Waals surface area contributed by atoms with E-state index in [1.807, 2.05) is 0 Å². The molecule has 2 aliphatic rings. The molecule has 0 spiro atoms. The van der Waals surface area contributed by atoms with Crippen LogP contribution in [0.1, 0.15) is 29.5 Å². The maximum Gasteiger partial charge on any atom is 0.122 e. The molecule has 23 heavy (non-hydrogen) atoms. The van der Waals surface area contributed by atoms with Gasteiger partial charge in [0.2, 0.25) is 0 Å². The summed E-state index contributed by atoms with van der Waals surface area (Å²) in [6.07, 6.45) is 5.02. The number of methoxy groups -OCH3 is 1. The summed E-state index contributed by atoms with van der Waals surface area (Å²) < 4.78 is 5.60. The number of hydrogen-bond acceptors (Lipinski definition) is 2. The third-order valence-corrected chi connectivity index (χ3v) is 5.61. The van der Waals surface area contributed by atoms with E-state index in [9.17, 15) is 0 Å². The summed E-state index contributed by atoms with van der Waals surface area (Å²) in [5.41, 5.74) is 4.38. The first-order chi connectivity index (χ1) is 11.3. The lowest BCUT2D eigenvalue weighted by Gasteiger charge is -2.45. The van der Waals surface area contributed by atoms with E-state index < -0.39 is 0 Å². The molecule has 0 aromatic heterocycles. The molecule has 1 aliphatic heterocycles. The molecule has 0 unspecified atom stereocenters. The molecule has 1 heterocycles. The Hall–Kier alpha value is -1.80. The molecule has 2 nitrogen and oxygen atoms in total. The second-order valence-electron chi connectivity index (χ2n) is 6.93. The fourth-order valence-electron chi connectivity index (χ4n) is 4.47. The SMILES string of the molecule is COc1cccc2c1C[C@@H]1CCCN(Cc3ccccc3)[C@@H]1C2. The van der Waals surface area contributed by atoms with Crippen molar-refractivity contribution in [3.8, 4) is 5.75 Å². The molecule has 0 bridgehead atoms. The molecule has 1 saturated heterocycles. The minimum Gasteiger partial charge on any atom is -0.496 e. The van der Waals surface area contributed by atoms with Gasteiger partial charge in [-0.25, -0.2) is 0 Å². The maximum atomic E-state index is 5.60. The van der Waals surface area contributed by atoms with Crippen LogP contribution in [-0.4, -0.2) is 24.6 Å². The minimum absolute atomic E-state index is 0.684. The molecule has 120 valence electrons. The van der Waals surface area contributed by atoms with Gasteiger partial charge in [-0.15, -0.1) is 0 Å². The van der Waals surface area contributed by atoms with E-state index in [0.29, 0.717) is 6.04 Å². The molecule has 2 aromatic rings. The van der Waals surface area contributed by atoms with Gasteiger partial charge in [0.25, 0.3) is 0 Å². The zero-order valence-corrected chi connectivity index (χ0v) is 13.9. The van der Waals surface area contributed by atoms with Crippen molar-refractivity contribution in [3.63, 3.8) is 0 Å². The predicted octanol–water partition coefficient (Wildman–Crippen LogP) is 4.07. The average molecular weight is 307 g/mol. The van der Waals surface area contributed by atoms with Crippen molar-refractivity contribution in [1.29, 1.82) is 0 Å². The van der Waals surface area contributed by atoms with Crippen LogP contribution in [0.25, 0.3) is 0 Å². The van der Waals surface area contributed by atoms with E-state index >= 15 is 0 Å². The highest BCUT2D eigenvalue weighted by molar-refractivity contribution is 5.43. The number of nitrogens with zero attached hydrogens (tertiary/aromatic N) is 1. The van der Waals surface area contributed by atoms with Crippen LogP contribution in [0.5, 0.6) is 5.75 Å². The number of likely N-dealkylation sites (tertiary alicyclic amines) is 1. The Morgan fingerprint density at radius 1 is 1.04 bits per heavy atom. The van der Waals surface area contributed by atoms with Crippen molar-refractivity contribution in [3.05, 3.63) is 65.2 Å².